The van der Waals surface area contributed by atoms with Gasteiger partial charge >= 0.3 is 0 Å². The summed E-state index contributed by atoms with van der Waals surface area (Å²) >= 11 is 0. The molecule has 260 valence electrons. The van der Waals surface area contributed by atoms with Crippen molar-refractivity contribution in [2.75, 3.05) is 0 Å². The third-order valence-corrected chi connectivity index (χ3v) is 11.6. The van der Waals surface area contributed by atoms with E-state index in [2.05, 4.69) is 218 Å². The van der Waals surface area contributed by atoms with Crippen molar-refractivity contribution < 1.29 is 0 Å². The van der Waals surface area contributed by atoms with Gasteiger partial charge in [-0.3, -0.25) is 0 Å². The van der Waals surface area contributed by atoms with Gasteiger partial charge in [-0.05, 0) is 122 Å². The molecule has 0 bridgehead atoms. The summed E-state index contributed by atoms with van der Waals surface area (Å²) in [5, 5.41) is 12.6. The molecule has 0 aliphatic carbocycles. The fourth-order valence-corrected chi connectivity index (χ4v) is 9.13. The summed E-state index contributed by atoms with van der Waals surface area (Å²) in [6.07, 6.45) is 0. The lowest BCUT2D eigenvalue weighted by Gasteiger charge is -2.19. The van der Waals surface area contributed by atoms with Crippen LogP contribution in [0.2, 0.25) is 0 Å². The first-order valence-corrected chi connectivity index (χ1v) is 19.4. The molecule has 0 aromatic heterocycles. The zero-order valence-electron chi connectivity index (χ0n) is 30.8. The molecular weight excluding hydrogens is 673 g/mol. The largest absolute Gasteiger partial charge is 0.0622 e. The van der Waals surface area contributed by atoms with Crippen molar-refractivity contribution in [1.82, 2.24) is 0 Å². The lowest BCUT2D eigenvalue weighted by molar-refractivity contribution is 1.62. The van der Waals surface area contributed by atoms with E-state index in [4.69, 9.17) is 0 Å². The fraction of sp³-hybridized carbons (Fsp3) is 0. The van der Waals surface area contributed by atoms with E-state index in [9.17, 15) is 0 Å². The van der Waals surface area contributed by atoms with E-state index in [1.807, 2.05) is 0 Å². The van der Waals surface area contributed by atoms with Crippen LogP contribution in [0.4, 0.5) is 0 Å². The summed E-state index contributed by atoms with van der Waals surface area (Å²) in [5.74, 6) is 0. The Morgan fingerprint density at radius 3 is 0.929 bits per heavy atom. The molecule has 0 aliphatic rings. The molecule has 0 fully saturated rings. The van der Waals surface area contributed by atoms with Crippen LogP contribution in [0.1, 0.15) is 0 Å². The second-order valence-corrected chi connectivity index (χ2v) is 14.8. The molecule has 0 N–H and O–H groups in total. The van der Waals surface area contributed by atoms with Gasteiger partial charge in [-0.15, -0.1) is 0 Å². The van der Waals surface area contributed by atoms with Crippen LogP contribution in [0.25, 0.3) is 109 Å². The summed E-state index contributed by atoms with van der Waals surface area (Å²) < 4.78 is 0. The Morgan fingerprint density at radius 2 is 0.464 bits per heavy atom. The van der Waals surface area contributed by atoms with E-state index in [-0.39, 0.29) is 0 Å². The van der Waals surface area contributed by atoms with Crippen molar-refractivity contribution >= 4 is 53.9 Å². The van der Waals surface area contributed by atoms with Crippen LogP contribution in [-0.2, 0) is 0 Å². The molecule has 0 heterocycles. The molecule has 0 amide bonds. The Kier molecular flexibility index (Phi) is 7.60. The molecule has 0 aliphatic heterocycles. The maximum atomic E-state index is 2.37. The van der Waals surface area contributed by atoms with Crippen LogP contribution in [0, 0.1) is 0 Å². The van der Waals surface area contributed by atoms with Gasteiger partial charge in [-0.25, -0.2) is 0 Å². The van der Waals surface area contributed by atoms with Gasteiger partial charge in [0.25, 0.3) is 0 Å². The zero-order valence-corrected chi connectivity index (χ0v) is 30.8. The van der Waals surface area contributed by atoms with E-state index in [1.54, 1.807) is 0 Å². The number of fused-ring (bicyclic) bond motifs is 5. The summed E-state index contributed by atoms with van der Waals surface area (Å²) in [6.45, 7) is 0. The topological polar surface area (TPSA) is 0 Å². The molecule has 11 aromatic carbocycles. The molecule has 0 saturated heterocycles. The third-order valence-electron chi connectivity index (χ3n) is 11.6. The smallest absolute Gasteiger partial charge is 0.00262 e. The second-order valence-electron chi connectivity index (χ2n) is 14.8. The van der Waals surface area contributed by atoms with Crippen molar-refractivity contribution in [2.45, 2.75) is 0 Å². The first-order chi connectivity index (χ1) is 27.8. The predicted octanol–water partition coefficient (Wildman–Crippen LogP) is 15.8. The second kappa shape index (κ2) is 13.2. The molecule has 0 spiro atoms. The average molecular weight is 709 g/mol. The van der Waals surface area contributed by atoms with E-state index in [0.29, 0.717) is 0 Å². The van der Waals surface area contributed by atoms with Crippen LogP contribution in [0.5, 0.6) is 0 Å². The van der Waals surface area contributed by atoms with E-state index in [0.717, 1.165) is 0 Å². The monoisotopic (exact) mass is 708 g/mol. The fourth-order valence-electron chi connectivity index (χ4n) is 9.13. The van der Waals surface area contributed by atoms with Crippen molar-refractivity contribution in [1.29, 1.82) is 0 Å². The van der Waals surface area contributed by atoms with Gasteiger partial charge in [0.2, 0.25) is 0 Å². The van der Waals surface area contributed by atoms with Gasteiger partial charge in [-0.1, -0.05) is 206 Å². The van der Waals surface area contributed by atoms with Gasteiger partial charge in [-0.2, -0.15) is 0 Å². The minimum atomic E-state index is 1.21. The van der Waals surface area contributed by atoms with Crippen molar-refractivity contribution in [3.05, 3.63) is 218 Å². The number of hydrogen-bond acceptors (Lipinski definition) is 0. The third kappa shape index (κ3) is 5.22. The molecule has 56 heavy (non-hydrogen) atoms. The average Bonchev–Trinajstić information content (AvgIpc) is 3.27. The van der Waals surface area contributed by atoms with Crippen LogP contribution in [0.3, 0.4) is 0 Å². The summed E-state index contributed by atoms with van der Waals surface area (Å²) in [5.41, 5.74) is 12.5. The van der Waals surface area contributed by atoms with Crippen LogP contribution < -0.4 is 0 Å². The number of benzene rings is 11. The Balaban J connectivity index is 1.08. The molecule has 0 radical (unpaired) electrons. The van der Waals surface area contributed by atoms with Gasteiger partial charge in [0.15, 0.2) is 0 Å². The maximum absolute atomic E-state index is 2.37. The van der Waals surface area contributed by atoms with Crippen LogP contribution in [-0.4, -0.2) is 0 Å². The summed E-state index contributed by atoms with van der Waals surface area (Å²) in [4.78, 5) is 0. The highest BCUT2D eigenvalue weighted by atomic mass is 14.2. The van der Waals surface area contributed by atoms with Gasteiger partial charge in [0.1, 0.15) is 0 Å². The van der Waals surface area contributed by atoms with Gasteiger partial charge in [0, 0.05) is 0 Å². The van der Waals surface area contributed by atoms with Gasteiger partial charge < -0.3 is 0 Å². The zero-order chi connectivity index (χ0) is 37.0. The first-order valence-electron chi connectivity index (χ1n) is 19.4. The lowest BCUT2D eigenvalue weighted by Crippen LogP contribution is -1.92. The van der Waals surface area contributed by atoms with Crippen molar-refractivity contribution in [2.24, 2.45) is 0 Å². The molecule has 11 aromatic rings. The molecular formula is C56H36. The van der Waals surface area contributed by atoms with Crippen LogP contribution >= 0.6 is 0 Å². The highest BCUT2D eigenvalue weighted by Crippen LogP contribution is 2.47. The number of rotatable bonds is 5. The number of hydrogen-bond donors (Lipinski definition) is 0. The van der Waals surface area contributed by atoms with E-state index in [1.165, 1.54) is 109 Å². The van der Waals surface area contributed by atoms with E-state index < -0.39 is 0 Å². The van der Waals surface area contributed by atoms with Crippen LogP contribution in [0.15, 0.2) is 218 Å². The van der Waals surface area contributed by atoms with E-state index >= 15 is 0 Å². The molecule has 0 atom stereocenters. The highest BCUT2D eigenvalue weighted by Gasteiger charge is 2.19. The summed E-state index contributed by atoms with van der Waals surface area (Å²) in [7, 11) is 0. The maximum Gasteiger partial charge on any atom is -0.00262 e. The standard InChI is InChI=1S/C56H36/c1-2-16-38(17-3-1)53-45-21-6-8-23-47(45)54(48-24-9-7-22-46(48)53)39-30-32-40(33-31-39)55-49-25-10-12-27-51(49)56(52-28-13-11-26-50(52)55)44-20-14-19-42(36-44)43-34-29-37-15-4-5-18-41(37)35-43/h1-36H. The first kappa shape index (κ1) is 32.2. The normalized spacial score (nSPS) is 11.6. The SMILES string of the molecule is c1ccc(-c2c3ccccc3c(-c3ccc(-c4c5ccccc5c(-c5cccc(-c6ccc7ccccc7c6)c5)c5ccccc45)cc3)c3ccccc23)cc1. The lowest BCUT2D eigenvalue weighted by atomic mass is 9.84. The minimum Gasteiger partial charge on any atom is -0.0622 e. The predicted molar refractivity (Wildman–Crippen MR) is 241 cm³/mol. The molecule has 0 heteroatoms. The minimum absolute atomic E-state index is 1.21. The molecule has 0 unspecified atom stereocenters. The Hall–Kier alpha value is -7.28. The summed E-state index contributed by atoms with van der Waals surface area (Å²) in [6, 6.07) is 80.2. The Labute approximate surface area is 326 Å². The molecule has 0 saturated carbocycles. The Bertz CT molecular complexity index is 3160. The Morgan fingerprint density at radius 1 is 0.161 bits per heavy atom. The van der Waals surface area contributed by atoms with Gasteiger partial charge in [0.05, 0.1) is 0 Å². The highest BCUT2D eigenvalue weighted by molar-refractivity contribution is 6.23. The van der Waals surface area contributed by atoms with Crippen molar-refractivity contribution in [3.8, 4) is 55.6 Å². The quantitative estimate of drug-likeness (QED) is 0.156. The van der Waals surface area contributed by atoms with Crippen molar-refractivity contribution in [3.63, 3.8) is 0 Å². The molecule has 11 rings (SSSR count). The molecule has 0 nitrogen and oxygen atoms in total.